The second-order valence-corrected chi connectivity index (χ2v) is 5.26. The van der Waals surface area contributed by atoms with Crippen molar-refractivity contribution in [2.45, 2.75) is 32.2 Å². The SMILES string of the molecule is CC(NCCCN1CCCC1=O)c1cccnc1Cl. The van der Waals surface area contributed by atoms with E-state index in [0.717, 1.165) is 44.5 Å². The van der Waals surface area contributed by atoms with E-state index in [1.807, 2.05) is 17.0 Å². The molecule has 1 fully saturated rings. The van der Waals surface area contributed by atoms with Crippen molar-refractivity contribution in [3.8, 4) is 0 Å². The fourth-order valence-electron chi connectivity index (χ4n) is 2.36. The second-order valence-electron chi connectivity index (χ2n) is 4.90. The molecule has 1 amide bonds. The maximum Gasteiger partial charge on any atom is 0.222 e. The maximum atomic E-state index is 11.4. The van der Waals surface area contributed by atoms with E-state index in [9.17, 15) is 4.79 Å². The summed E-state index contributed by atoms with van der Waals surface area (Å²) in [6.45, 7) is 4.71. The summed E-state index contributed by atoms with van der Waals surface area (Å²) in [5.41, 5.74) is 1.02. The lowest BCUT2D eigenvalue weighted by atomic mass is 10.1. The van der Waals surface area contributed by atoms with Gasteiger partial charge in [0.05, 0.1) is 0 Å². The molecule has 4 nitrogen and oxygen atoms in total. The van der Waals surface area contributed by atoms with Gasteiger partial charge in [0, 0.05) is 37.3 Å². The van der Waals surface area contributed by atoms with E-state index in [1.54, 1.807) is 6.20 Å². The largest absolute Gasteiger partial charge is 0.343 e. The third-order valence-electron chi connectivity index (χ3n) is 3.48. The number of nitrogens with zero attached hydrogens (tertiary/aromatic N) is 2. The Morgan fingerprint density at radius 3 is 3.11 bits per heavy atom. The van der Waals surface area contributed by atoms with Gasteiger partial charge in [-0.05, 0) is 32.4 Å². The molecule has 0 bridgehead atoms. The zero-order chi connectivity index (χ0) is 13.7. The van der Waals surface area contributed by atoms with Crippen molar-refractivity contribution in [1.82, 2.24) is 15.2 Å². The van der Waals surface area contributed by atoms with Gasteiger partial charge < -0.3 is 10.2 Å². The summed E-state index contributed by atoms with van der Waals surface area (Å²) >= 11 is 6.05. The van der Waals surface area contributed by atoms with Crippen molar-refractivity contribution in [2.75, 3.05) is 19.6 Å². The Morgan fingerprint density at radius 1 is 1.58 bits per heavy atom. The molecule has 1 aromatic rings. The van der Waals surface area contributed by atoms with Crippen LogP contribution in [0.2, 0.25) is 5.15 Å². The lowest BCUT2D eigenvalue weighted by Gasteiger charge is -2.18. The Kier molecular flexibility index (Phi) is 5.16. The number of nitrogens with one attached hydrogen (secondary N) is 1. The van der Waals surface area contributed by atoms with Crippen LogP contribution < -0.4 is 5.32 Å². The van der Waals surface area contributed by atoms with Gasteiger partial charge in [-0.3, -0.25) is 4.79 Å². The molecule has 2 heterocycles. The highest BCUT2D eigenvalue weighted by atomic mass is 35.5. The molecule has 1 atom stereocenters. The van der Waals surface area contributed by atoms with Crippen LogP contribution >= 0.6 is 11.6 Å². The number of hydrogen-bond donors (Lipinski definition) is 1. The summed E-state index contributed by atoms with van der Waals surface area (Å²) in [5, 5.41) is 3.97. The number of halogens is 1. The predicted octanol–water partition coefficient (Wildman–Crippen LogP) is 2.40. The third-order valence-corrected chi connectivity index (χ3v) is 3.80. The van der Waals surface area contributed by atoms with E-state index >= 15 is 0 Å². The molecule has 1 aliphatic rings. The van der Waals surface area contributed by atoms with Crippen molar-refractivity contribution < 1.29 is 4.79 Å². The van der Waals surface area contributed by atoms with Crippen LogP contribution in [0.4, 0.5) is 0 Å². The zero-order valence-electron chi connectivity index (χ0n) is 11.2. The lowest BCUT2D eigenvalue weighted by molar-refractivity contribution is -0.127. The van der Waals surface area contributed by atoms with Crippen molar-refractivity contribution in [3.05, 3.63) is 29.0 Å². The van der Waals surface area contributed by atoms with E-state index < -0.39 is 0 Å². The average molecular weight is 282 g/mol. The number of amides is 1. The van der Waals surface area contributed by atoms with Crippen molar-refractivity contribution in [3.63, 3.8) is 0 Å². The standard InChI is InChI=1S/C14H20ClN3O/c1-11(12-5-2-7-17-14(12)15)16-8-4-10-18-9-3-6-13(18)19/h2,5,7,11,16H,3-4,6,8-10H2,1H3. The van der Waals surface area contributed by atoms with E-state index in [2.05, 4.69) is 17.2 Å². The molecule has 0 saturated carbocycles. The van der Waals surface area contributed by atoms with Gasteiger partial charge in [-0.25, -0.2) is 4.98 Å². The molecular weight excluding hydrogens is 262 g/mol. The van der Waals surface area contributed by atoms with Crippen molar-refractivity contribution in [2.24, 2.45) is 0 Å². The molecule has 1 N–H and O–H groups in total. The van der Waals surface area contributed by atoms with Crippen LogP contribution in [0.15, 0.2) is 18.3 Å². The third kappa shape index (κ3) is 3.91. The Hall–Kier alpha value is -1.13. The van der Waals surface area contributed by atoms with Gasteiger partial charge >= 0.3 is 0 Å². The minimum absolute atomic E-state index is 0.176. The summed E-state index contributed by atoms with van der Waals surface area (Å²) < 4.78 is 0. The van der Waals surface area contributed by atoms with Crippen LogP contribution in [0.5, 0.6) is 0 Å². The van der Waals surface area contributed by atoms with Gasteiger partial charge in [0.2, 0.25) is 5.91 Å². The minimum atomic E-state index is 0.176. The minimum Gasteiger partial charge on any atom is -0.343 e. The monoisotopic (exact) mass is 281 g/mol. The molecule has 2 rings (SSSR count). The highest BCUT2D eigenvalue weighted by Gasteiger charge is 2.19. The molecule has 1 unspecified atom stereocenters. The average Bonchev–Trinajstić information content (AvgIpc) is 2.80. The normalized spacial score (nSPS) is 16.9. The number of carbonyl (C=O) groups excluding carboxylic acids is 1. The van der Waals surface area contributed by atoms with Crippen LogP contribution in [0, 0.1) is 0 Å². The van der Waals surface area contributed by atoms with Gasteiger partial charge in [-0.2, -0.15) is 0 Å². The molecule has 1 aliphatic heterocycles. The lowest BCUT2D eigenvalue weighted by Crippen LogP contribution is -2.29. The number of rotatable bonds is 6. The first-order valence-electron chi connectivity index (χ1n) is 6.80. The highest BCUT2D eigenvalue weighted by molar-refractivity contribution is 6.30. The predicted molar refractivity (Wildman–Crippen MR) is 76.1 cm³/mol. The zero-order valence-corrected chi connectivity index (χ0v) is 12.0. The first-order valence-corrected chi connectivity index (χ1v) is 7.18. The molecule has 0 spiro atoms. The molecule has 0 aliphatic carbocycles. The van der Waals surface area contributed by atoms with Crippen LogP contribution in [-0.2, 0) is 4.79 Å². The molecule has 0 aromatic carbocycles. The summed E-state index contributed by atoms with van der Waals surface area (Å²) in [5.74, 6) is 0.295. The number of carbonyl (C=O) groups is 1. The smallest absolute Gasteiger partial charge is 0.222 e. The summed E-state index contributed by atoms with van der Waals surface area (Å²) in [7, 11) is 0. The van der Waals surface area contributed by atoms with Gasteiger partial charge in [0.25, 0.3) is 0 Å². The first-order chi connectivity index (χ1) is 9.18. The van der Waals surface area contributed by atoms with E-state index in [4.69, 9.17) is 11.6 Å². The van der Waals surface area contributed by atoms with Crippen LogP contribution in [0.25, 0.3) is 0 Å². The Labute approximate surface area is 119 Å². The second kappa shape index (κ2) is 6.87. The summed E-state index contributed by atoms with van der Waals surface area (Å²) in [6, 6.07) is 4.05. The van der Waals surface area contributed by atoms with E-state index in [1.165, 1.54) is 0 Å². The van der Waals surface area contributed by atoms with Gasteiger partial charge in [0.15, 0.2) is 0 Å². The number of hydrogen-bond acceptors (Lipinski definition) is 3. The molecule has 19 heavy (non-hydrogen) atoms. The molecule has 5 heteroatoms. The Bertz CT molecular complexity index is 438. The number of aromatic nitrogens is 1. The highest BCUT2D eigenvalue weighted by Crippen LogP contribution is 2.19. The van der Waals surface area contributed by atoms with Crippen molar-refractivity contribution in [1.29, 1.82) is 0 Å². The van der Waals surface area contributed by atoms with Gasteiger partial charge in [-0.15, -0.1) is 0 Å². The molecule has 1 saturated heterocycles. The first kappa shape index (κ1) is 14.3. The molecule has 0 radical (unpaired) electrons. The fraction of sp³-hybridized carbons (Fsp3) is 0.571. The van der Waals surface area contributed by atoms with Crippen LogP contribution in [0.3, 0.4) is 0 Å². The van der Waals surface area contributed by atoms with Crippen molar-refractivity contribution >= 4 is 17.5 Å². The fourth-order valence-corrected chi connectivity index (χ4v) is 2.64. The Morgan fingerprint density at radius 2 is 2.42 bits per heavy atom. The van der Waals surface area contributed by atoms with E-state index in [0.29, 0.717) is 11.1 Å². The number of likely N-dealkylation sites (tertiary alicyclic amines) is 1. The van der Waals surface area contributed by atoms with Gasteiger partial charge in [-0.1, -0.05) is 17.7 Å². The Balaban J connectivity index is 1.71. The van der Waals surface area contributed by atoms with E-state index in [-0.39, 0.29) is 6.04 Å². The topological polar surface area (TPSA) is 45.2 Å². The van der Waals surface area contributed by atoms with Crippen LogP contribution in [-0.4, -0.2) is 35.4 Å². The quantitative estimate of drug-likeness (QED) is 0.643. The molecule has 1 aromatic heterocycles. The molecule has 104 valence electrons. The van der Waals surface area contributed by atoms with Gasteiger partial charge in [0.1, 0.15) is 5.15 Å². The van der Waals surface area contributed by atoms with Crippen LogP contribution in [0.1, 0.15) is 37.8 Å². The maximum absolute atomic E-state index is 11.4. The summed E-state index contributed by atoms with van der Waals surface area (Å²) in [4.78, 5) is 17.5. The number of pyridine rings is 1. The summed E-state index contributed by atoms with van der Waals surface area (Å²) in [6.07, 6.45) is 4.38. The molecular formula is C14H20ClN3O.